The first kappa shape index (κ1) is 11.4. The summed E-state index contributed by atoms with van der Waals surface area (Å²) in [6, 6.07) is 0. The van der Waals surface area contributed by atoms with Crippen LogP contribution in [0.5, 0.6) is 0 Å². The summed E-state index contributed by atoms with van der Waals surface area (Å²) in [5, 5.41) is 12.7. The molecule has 1 aliphatic carbocycles. The maximum absolute atomic E-state index is 11.2. The van der Waals surface area contributed by atoms with Gasteiger partial charge in [0.05, 0.1) is 12.4 Å². The molecule has 2 unspecified atom stereocenters. The summed E-state index contributed by atoms with van der Waals surface area (Å²) >= 11 is 5.78. The topological polar surface area (TPSA) is 78.0 Å². The first-order valence-corrected chi connectivity index (χ1v) is 5.71. The van der Waals surface area contributed by atoms with E-state index in [0.717, 1.165) is 19.3 Å². The Balaban J connectivity index is 1.99. The number of aromatic nitrogens is 2. The SMILES string of the molecule is O=c1[nH]cnc(NCC2CCCC2O)c1Cl. The van der Waals surface area contributed by atoms with E-state index in [1.165, 1.54) is 6.33 Å². The highest BCUT2D eigenvalue weighted by atomic mass is 35.5. The summed E-state index contributed by atoms with van der Waals surface area (Å²) in [6.45, 7) is 0.595. The van der Waals surface area contributed by atoms with E-state index in [1.54, 1.807) is 0 Å². The zero-order valence-corrected chi connectivity index (χ0v) is 9.50. The van der Waals surface area contributed by atoms with Gasteiger partial charge in [-0.1, -0.05) is 18.0 Å². The molecule has 2 rings (SSSR count). The van der Waals surface area contributed by atoms with Gasteiger partial charge in [-0.15, -0.1) is 0 Å². The van der Waals surface area contributed by atoms with Crippen LogP contribution in [0.15, 0.2) is 11.1 Å². The lowest BCUT2D eigenvalue weighted by atomic mass is 10.1. The molecular weight excluding hydrogens is 230 g/mol. The Labute approximate surface area is 97.9 Å². The Morgan fingerprint density at radius 1 is 1.62 bits per heavy atom. The molecule has 1 aromatic rings. The number of hydrogen-bond donors (Lipinski definition) is 3. The van der Waals surface area contributed by atoms with Crippen LogP contribution < -0.4 is 10.9 Å². The van der Waals surface area contributed by atoms with E-state index >= 15 is 0 Å². The number of aromatic amines is 1. The highest BCUT2D eigenvalue weighted by Gasteiger charge is 2.25. The number of rotatable bonds is 3. The van der Waals surface area contributed by atoms with E-state index in [9.17, 15) is 9.90 Å². The number of aliphatic hydroxyl groups excluding tert-OH is 1. The number of halogens is 1. The molecule has 0 saturated heterocycles. The van der Waals surface area contributed by atoms with Crippen LogP contribution in [0, 0.1) is 5.92 Å². The summed E-state index contributed by atoms with van der Waals surface area (Å²) in [4.78, 5) is 17.5. The van der Waals surface area contributed by atoms with Crippen molar-refractivity contribution in [2.45, 2.75) is 25.4 Å². The molecule has 0 aromatic carbocycles. The molecule has 1 aromatic heterocycles. The normalized spacial score (nSPS) is 24.6. The number of H-pyrrole nitrogens is 1. The van der Waals surface area contributed by atoms with Crippen LogP contribution in [0.4, 0.5) is 5.82 Å². The summed E-state index contributed by atoms with van der Waals surface area (Å²) in [7, 11) is 0. The predicted molar refractivity (Wildman–Crippen MR) is 61.7 cm³/mol. The van der Waals surface area contributed by atoms with Crippen molar-refractivity contribution in [3.05, 3.63) is 21.7 Å². The molecule has 2 atom stereocenters. The van der Waals surface area contributed by atoms with E-state index in [2.05, 4.69) is 15.3 Å². The third-order valence-corrected chi connectivity index (χ3v) is 3.30. The van der Waals surface area contributed by atoms with Crippen molar-refractivity contribution < 1.29 is 5.11 Å². The number of nitrogens with zero attached hydrogens (tertiary/aromatic N) is 1. The Bertz CT molecular complexity index is 421. The number of anilines is 1. The molecule has 1 heterocycles. The average molecular weight is 244 g/mol. The maximum atomic E-state index is 11.2. The van der Waals surface area contributed by atoms with Gasteiger partial charge < -0.3 is 15.4 Å². The van der Waals surface area contributed by atoms with Crippen molar-refractivity contribution in [3.8, 4) is 0 Å². The minimum atomic E-state index is -0.355. The van der Waals surface area contributed by atoms with E-state index in [0.29, 0.717) is 12.4 Å². The molecule has 0 aliphatic heterocycles. The molecular formula is C10H14ClN3O2. The summed E-state index contributed by atoms with van der Waals surface area (Å²) in [5.41, 5.74) is -0.355. The minimum Gasteiger partial charge on any atom is -0.393 e. The molecule has 0 amide bonds. The quantitative estimate of drug-likeness (QED) is 0.740. The minimum absolute atomic E-state index is 0.0648. The molecule has 6 heteroatoms. The summed E-state index contributed by atoms with van der Waals surface area (Å²) in [6.07, 6.45) is 3.94. The second kappa shape index (κ2) is 4.84. The lowest BCUT2D eigenvalue weighted by Crippen LogP contribution is -2.23. The molecule has 88 valence electrons. The molecule has 1 fully saturated rings. The van der Waals surface area contributed by atoms with E-state index in [-0.39, 0.29) is 22.6 Å². The van der Waals surface area contributed by atoms with Gasteiger partial charge in [0, 0.05) is 12.5 Å². The number of aliphatic hydroxyl groups is 1. The molecule has 16 heavy (non-hydrogen) atoms. The van der Waals surface area contributed by atoms with Crippen LogP contribution in [0.25, 0.3) is 0 Å². The highest BCUT2D eigenvalue weighted by Crippen LogP contribution is 2.26. The van der Waals surface area contributed by atoms with Crippen LogP contribution in [0.1, 0.15) is 19.3 Å². The van der Waals surface area contributed by atoms with Gasteiger partial charge in [0.2, 0.25) is 0 Å². The molecule has 0 bridgehead atoms. The van der Waals surface area contributed by atoms with Gasteiger partial charge in [-0.25, -0.2) is 4.98 Å². The van der Waals surface area contributed by atoms with Crippen molar-refractivity contribution in [3.63, 3.8) is 0 Å². The van der Waals surface area contributed by atoms with Crippen LogP contribution >= 0.6 is 11.6 Å². The van der Waals surface area contributed by atoms with Gasteiger partial charge in [-0.2, -0.15) is 0 Å². The number of hydrogen-bond acceptors (Lipinski definition) is 4. The zero-order chi connectivity index (χ0) is 11.5. The van der Waals surface area contributed by atoms with Crippen LogP contribution in [0.3, 0.4) is 0 Å². The molecule has 5 nitrogen and oxygen atoms in total. The Kier molecular flexibility index (Phi) is 3.46. The Hall–Kier alpha value is -1.07. The van der Waals surface area contributed by atoms with Crippen molar-refractivity contribution in [1.82, 2.24) is 9.97 Å². The highest BCUT2D eigenvalue weighted by molar-refractivity contribution is 6.32. The monoisotopic (exact) mass is 243 g/mol. The fourth-order valence-corrected chi connectivity index (χ4v) is 2.16. The van der Waals surface area contributed by atoms with E-state index in [1.807, 2.05) is 0 Å². The Morgan fingerprint density at radius 2 is 2.44 bits per heavy atom. The Morgan fingerprint density at radius 3 is 3.12 bits per heavy atom. The predicted octanol–water partition coefficient (Wildman–Crippen LogP) is 0.996. The molecule has 0 spiro atoms. The molecule has 3 N–H and O–H groups in total. The standard InChI is InChI=1S/C10H14ClN3O2/c11-8-9(13-5-14-10(8)16)12-4-6-2-1-3-7(6)15/h5-7,15H,1-4H2,(H2,12,13,14,16). The fourth-order valence-electron chi connectivity index (χ4n) is 1.99. The van der Waals surface area contributed by atoms with Gasteiger partial charge in [0.25, 0.3) is 5.56 Å². The molecule has 1 aliphatic rings. The lowest BCUT2D eigenvalue weighted by Gasteiger charge is -2.15. The number of nitrogens with one attached hydrogen (secondary N) is 2. The van der Waals surface area contributed by atoms with Gasteiger partial charge in [-0.05, 0) is 12.8 Å². The van der Waals surface area contributed by atoms with Crippen molar-refractivity contribution >= 4 is 17.4 Å². The zero-order valence-electron chi connectivity index (χ0n) is 8.74. The van der Waals surface area contributed by atoms with Crippen molar-refractivity contribution in [1.29, 1.82) is 0 Å². The third-order valence-electron chi connectivity index (χ3n) is 2.95. The summed E-state index contributed by atoms with van der Waals surface area (Å²) in [5.74, 6) is 0.599. The first-order valence-electron chi connectivity index (χ1n) is 5.33. The second-order valence-corrected chi connectivity index (χ2v) is 4.41. The van der Waals surface area contributed by atoms with E-state index < -0.39 is 0 Å². The first-order chi connectivity index (χ1) is 7.68. The lowest BCUT2D eigenvalue weighted by molar-refractivity contribution is 0.138. The third kappa shape index (κ3) is 2.36. The van der Waals surface area contributed by atoms with Gasteiger partial charge in [-0.3, -0.25) is 4.79 Å². The average Bonchev–Trinajstić information content (AvgIpc) is 2.67. The fraction of sp³-hybridized carbons (Fsp3) is 0.600. The summed E-state index contributed by atoms with van der Waals surface area (Å²) < 4.78 is 0. The van der Waals surface area contributed by atoms with Crippen LogP contribution in [-0.4, -0.2) is 27.7 Å². The van der Waals surface area contributed by atoms with Gasteiger partial charge in [0.1, 0.15) is 5.02 Å². The molecule has 0 radical (unpaired) electrons. The maximum Gasteiger partial charge on any atom is 0.271 e. The van der Waals surface area contributed by atoms with Crippen LogP contribution in [0.2, 0.25) is 5.02 Å². The second-order valence-electron chi connectivity index (χ2n) is 4.03. The van der Waals surface area contributed by atoms with E-state index in [4.69, 9.17) is 11.6 Å². The van der Waals surface area contributed by atoms with Crippen LogP contribution in [-0.2, 0) is 0 Å². The van der Waals surface area contributed by atoms with Crippen molar-refractivity contribution in [2.24, 2.45) is 5.92 Å². The largest absolute Gasteiger partial charge is 0.393 e. The van der Waals surface area contributed by atoms with Gasteiger partial charge in [0.15, 0.2) is 5.82 Å². The smallest absolute Gasteiger partial charge is 0.271 e. The molecule has 1 saturated carbocycles. The van der Waals surface area contributed by atoms with Gasteiger partial charge >= 0.3 is 0 Å². The van der Waals surface area contributed by atoms with Crippen molar-refractivity contribution in [2.75, 3.05) is 11.9 Å².